The van der Waals surface area contributed by atoms with Crippen molar-refractivity contribution in [1.82, 2.24) is 10.2 Å². The molecule has 2 fully saturated rings. The summed E-state index contributed by atoms with van der Waals surface area (Å²) in [4.78, 5) is 40.7. The van der Waals surface area contributed by atoms with E-state index in [1.165, 1.54) is 19.0 Å². The number of nitrogens with one attached hydrogen (secondary N) is 2. The van der Waals surface area contributed by atoms with Crippen LogP contribution in [0.4, 0.5) is 18.9 Å². The van der Waals surface area contributed by atoms with E-state index < -0.39 is 93.1 Å². The number of benzene rings is 1. The number of nitrogens with zero attached hydrogens (tertiary/aromatic N) is 1. The minimum absolute atomic E-state index is 0.0536. The maximum atomic E-state index is 14.0. The first kappa shape index (κ1) is 28.3. The molecule has 0 spiro atoms. The number of carbonyl (C=O) groups is 3. The molecule has 1 aromatic carbocycles. The van der Waals surface area contributed by atoms with E-state index in [4.69, 9.17) is 5.73 Å². The van der Waals surface area contributed by atoms with E-state index in [2.05, 4.69) is 15.4 Å². The lowest BCUT2D eigenvalue weighted by atomic mass is 9.57. The summed E-state index contributed by atoms with van der Waals surface area (Å²) in [6, 6.07) is -1.90. The number of likely N-dealkylation sites (N-methyl/N-ethyl adjacent to an activating group) is 1. The molecule has 0 bridgehead atoms. The molecule has 12 nitrogen and oxygen atoms in total. The van der Waals surface area contributed by atoms with Crippen molar-refractivity contribution >= 4 is 28.9 Å². The number of ether oxygens (including phenoxy) is 1. The Morgan fingerprint density at radius 2 is 1.88 bits per heavy atom. The number of phenolic OH excluding ortho intramolecular Hbond substituents is 1. The molecule has 5 aliphatic rings. The minimum atomic E-state index is -5.14. The van der Waals surface area contributed by atoms with Crippen molar-refractivity contribution in [3.05, 3.63) is 33.6 Å². The lowest BCUT2D eigenvalue weighted by Crippen LogP contribution is -2.65. The Morgan fingerprint density at radius 1 is 1.19 bits per heavy atom. The fourth-order valence-corrected chi connectivity index (χ4v) is 7.62. The number of anilines is 1. The van der Waals surface area contributed by atoms with E-state index in [0.717, 1.165) is 0 Å². The number of alkyl halides is 3. The first-order valence-corrected chi connectivity index (χ1v) is 13.4. The van der Waals surface area contributed by atoms with Crippen molar-refractivity contribution in [3.63, 3.8) is 0 Å². The monoisotopic (exact) mass is 594 g/mol. The van der Waals surface area contributed by atoms with Gasteiger partial charge in [-0.3, -0.25) is 19.3 Å². The van der Waals surface area contributed by atoms with Crippen LogP contribution < -0.4 is 21.1 Å². The Hall–Kier alpha value is -3.82. The molecule has 42 heavy (non-hydrogen) atoms. The average Bonchev–Trinajstić information content (AvgIpc) is 3.36. The summed E-state index contributed by atoms with van der Waals surface area (Å²) in [5, 5.41) is 51.5. The van der Waals surface area contributed by atoms with Crippen molar-refractivity contribution in [2.45, 2.75) is 43.3 Å². The topological polar surface area (TPSA) is 195 Å². The van der Waals surface area contributed by atoms with Crippen LogP contribution in [0, 0.1) is 17.8 Å². The quantitative estimate of drug-likeness (QED) is 0.194. The molecule has 5 unspecified atom stereocenters. The fourth-order valence-electron chi connectivity index (χ4n) is 7.62. The number of Topliss-reactive ketones (excluding diaryl/α,β-unsaturated/α-hetero) is 2. The smallest absolute Gasteiger partial charge is 0.508 e. The van der Waals surface area contributed by atoms with Crippen molar-refractivity contribution in [2.24, 2.45) is 23.5 Å². The molecule has 1 saturated heterocycles. The van der Waals surface area contributed by atoms with Gasteiger partial charge in [0.15, 0.2) is 17.1 Å². The normalized spacial score (nSPS) is 32.1. The molecule has 226 valence electrons. The van der Waals surface area contributed by atoms with Crippen LogP contribution in [0.5, 0.6) is 11.5 Å². The van der Waals surface area contributed by atoms with Crippen LogP contribution in [0.3, 0.4) is 0 Å². The molecule has 2 heterocycles. The number of ketones is 2. The van der Waals surface area contributed by atoms with Crippen LogP contribution in [0.2, 0.25) is 0 Å². The second-order valence-electron chi connectivity index (χ2n) is 11.7. The van der Waals surface area contributed by atoms with Gasteiger partial charge in [-0.25, -0.2) is 0 Å². The second-order valence-corrected chi connectivity index (χ2v) is 11.7. The second kappa shape index (κ2) is 9.09. The van der Waals surface area contributed by atoms with Gasteiger partial charge in [0.25, 0.3) is 5.91 Å². The van der Waals surface area contributed by atoms with E-state index in [-0.39, 0.29) is 35.6 Å². The number of carbonyl (C=O) groups excluding carboxylic acids is 3. The predicted molar refractivity (Wildman–Crippen MR) is 138 cm³/mol. The first-order chi connectivity index (χ1) is 19.6. The molecule has 0 radical (unpaired) electrons. The van der Waals surface area contributed by atoms with Gasteiger partial charge in [-0.1, -0.05) is 0 Å². The Labute approximate surface area is 236 Å². The number of aromatic hydroxyl groups is 1. The summed E-state index contributed by atoms with van der Waals surface area (Å²) < 4.78 is 46.0. The average molecular weight is 595 g/mol. The lowest BCUT2D eigenvalue weighted by molar-refractivity contribution is -0.275. The Bertz CT molecular complexity index is 1520. The maximum absolute atomic E-state index is 14.0. The van der Waals surface area contributed by atoms with Gasteiger partial charge < -0.3 is 41.5 Å². The molecular formula is C27H29F3N4O8. The van der Waals surface area contributed by atoms with Crippen LogP contribution in [-0.4, -0.2) is 88.0 Å². The predicted octanol–water partition coefficient (Wildman–Crippen LogP) is 0.939. The number of hydrogen-bond acceptors (Lipinski definition) is 11. The van der Waals surface area contributed by atoms with Gasteiger partial charge in [0.2, 0.25) is 5.78 Å². The summed E-state index contributed by atoms with van der Waals surface area (Å²) in [6.45, 7) is 0.841. The molecule has 1 amide bonds. The van der Waals surface area contributed by atoms with E-state index >= 15 is 0 Å². The van der Waals surface area contributed by atoms with E-state index in [1.54, 1.807) is 0 Å². The highest BCUT2D eigenvalue weighted by molar-refractivity contribution is 6.24. The van der Waals surface area contributed by atoms with Gasteiger partial charge >= 0.3 is 6.36 Å². The van der Waals surface area contributed by atoms with Crippen LogP contribution in [0.15, 0.2) is 16.9 Å². The fraction of sp³-hybridized carbons (Fsp3) is 0.519. The Morgan fingerprint density at radius 3 is 2.50 bits per heavy atom. The number of rotatable bonds is 3. The molecule has 6 atom stereocenters. The third-order valence-electron chi connectivity index (χ3n) is 9.30. The standard InChI is InChI=1S/C27H29F3N4O8/c1-34(2)18-11-6-9-5-10-13(19(35)12(9)23(38)26(11,41)24(39)15(21(18)37)25(31)40)20(36)17-14(22(10)42-27(28,29)30)16-8(7-33-17)3-4-32-16/h8-9,11,16,18,32-33,35-36,39,41H,3-7H2,1-2H3,(H2,31,40)/t8?,9?,11?,16?,18?,26-/m0/s1. The van der Waals surface area contributed by atoms with E-state index in [0.29, 0.717) is 19.5 Å². The number of nitrogens with two attached hydrogens (primary N) is 1. The van der Waals surface area contributed by atoms with E-state index in [9.17, 15) is 48.0 Å². The zero-order valence-electron chi connectivity index (χ0n) is 22.5. The zero-order valence-corrected chi connectivity index (χ0v) is 22.5. The molecule has 15 heteroatoms. The van der Waals surface area contributed by atoms with Gasteiger partial charge in [-0.05, 0) is 51.7 Å². The number of amides is 1. The van der Waals surface area contributed by atoms with Crippen molar-refractivity contribution in [2.75, 3.05) is 32.5 Å². The van der Waals surface area contributed by atoms with E-state index in [1.807, 2.05) is 0 Å². The molecule has 1 aromatic rings. The summed E-state index contributed by atoms with van der Waals surface area (Å²) in [6.07, 6.45) is -5.08. The van der Waals surface area contributed by atoms with Gasteiger partial charge in [-0.15, -0.1) is 13.2 Å². The molecule has 6 rings (SSSR count). The zero-order chi connectivity index (χ0) is 30.6. The minimum Gasteiger partial charge on any atom is -0.508 e. The van der Waals surface area contributed by atoms with Crippen molar-refractivity contribution in [1.29, 1.82) is 0 Å². The highest BCUT2D eigenvalue weighted by atomic mass is 19.4. The van der Waals surface area contributed by atoms with Gasteiger partial charge in [0.05, 0.1) is 17.3 Å². The Balaban J connectivity index is 1.60. The highest BCUT2D eigenvalue weighted by Gasteiger charge is 2.64. The highest BCUT2D eigenvalue weighted by Crippen LogP contribution is 2.58. The molecular weight excluding hydrogens is 565 g/mol. The number of aliphatic hydroxyl groups excluding tert-OH is 2. The van der Waals surface area contributed by atoms with Crippen LogP contribution >= 0.6 is 0 Å². The van der Waals surface area contributed by atoms with Gasteiger partial charge in [0, 0.05) is 35.2 Å². The number of halogens is 3. The number of fused-ring (bicyclic) bond motifs is 6. The van der Waals surface area contributed by atoms with Crippen LogP contribution in [0.25, 0.3) is 5.76 Å². The van der Waals surface area contributed by atoms with Crippen molar-refractivity contribution < 1.29 is 52.7 Å². The SMILES string of the molecule is CN(C)C1C(=O)C(C(N)=O)=C(O)[C@@]2(O)C(=O)C3=C(O)c4c(O)c5c(c(OC(F)(F)F)c4CC3CC12)C1NCCC1CN5. The summed E-state index contributed by atoms with van der Waals surface area (Å²) in [5.41, 5.74) is 0.316. The largest absolute Gasteiger partial charge is 0.573 e. The number of phenols is 1. The van der Waals surface area contributed by atoms with Gasteiger partial charge in [0.1, 0.15) is 22.8 Å². The molecule has 1 saturated carbocycles. The first-order valence-electron chi connectivity index (χ1n) is 13.4. The van der Waals surface area contributed by atoms with Crippen molar-refractivity contribution in [3.8, 4) is 11.5 Å². The summed E-state index contributed by atoms with van der Waals surface area (Å²) in [7, 11) is 2.90. The lowest BCUT2D eigenvalue weighted by Gasteiger charge is -2.50. The third kappa shape index (κ3) is 3.69. The molecule has 3 aliphatic carbocycles. The molecule has 8 N–H and O–H groups in total. The number of aliphatic hydroxyl groups is 3. The van der Waals surface area contributed by atoms with Crippen LogP contribution in [0.1, 0.15) is 35.6 Å². The third-order valence-corrected chi connectivity index (χ3v) is 9.30. The summed E-state index contributed by atoms with van der Waals surface area (Å²) >= 11 is 0. The number of primary amides is 1. The summed E-state index contributed by atoms with van der Waals surface area (Å²) in [5.74, 6) is -9.44. The maximum Gasteiger partial charge on any atom is 0.573 e. The number of hydrogen-bond donors (Lipinski definition) is 7. The van der Waals surface area contributed by atoms with Gasteiger partial charge in [-0.2, -0.15) is 0 Å². The molecule has 2 aliphatic heterocycles. The Kier molecular flexibility index (Phi) is 6.12. The van der Waals surface area contributed by atoms with Crippen LogP contribution in [-0.2, 0) is 20.8 Å². The molecule has 0 aromatic heterocycles.